The van der Waals surface area contributed by atoms with E-state index in [1.54, 1.807) is 0 Å². The van der Waals surface area contributed by atoms with Crippen LogP contribution < -0.4 is 0 Å². The molecule has 72 valence electrons. The number of aliphatic hydroxyl groups is 1. The Balaban J connectivity index is 2.51. The van der Waals surface area contributed by atoms with Gasteiger partial charge in [-0.05, 0) is 30.6 Å². The van der Waals surface area contributed by atoms with Crippen LogP contribution in [0.25, 0.3) is 0 Å². The molecule has 0 aromatic carbocycles. The average molecular weight is 170 g/mol. The van der Waals surface area contributed by atoms with E-state index in [9.17, 15) is 5.11 Å². The SMILES string of the molecule is CCC(C)CC1(O)CCC1(C)C. The quantitative estimate of drug-likeness (QED) is 0.690. The van der Waals surface area contributed by atoms with Gasteiger partial charge in [-0.2, -0.15) is 0 Å². The Morgan fingerprint density at radius 2 is 1.92 bits per heavy atom. The normalized spacial score (nSPS) is 35.8. The molecule has 0 saturated heterocycles. The minimum absolute atomic E-state index is 0.163. The van der Waals surface area contributed by atoms with Gasteiger partial charge >= 0.3 is 0 Å². The summed E-state index contributed by atoms with van der Waals surface area (Å²) in [6, 6.07) is 0. The van der Waals surface area contributed by atoms with Gasteiger partial charge in [-0.3, -0.25) is 0 Å². The maximum absolute atomic E-state index is 10.2. The molecule has 0 aromatic heterocycles. The maximum atomic E-state index is 10.2. The Morgan fingerprint density at radius 1 is 1.33 bits per heavy atom. The third-order valence-corrected chi connectivity index (χ3v) is 3.81. The molecule has 1 aliphatic carbocycles. The van der Waals surface area contributed by atoms with E-state index in [-0.39, 0.29) is 11.0 Å². The van der Waals surface area contributed by atoms with E-state index in [1.807, 2.05) is 0 Å². The highest BCUT2D eigenvalue weighted by atomic mass is 16.3. The monoisotopic (exact) mass is 170 g/mol. The molecule has 1 nitrogen and oxygen atoms in total. The molecule has 1 saturated carbocycles. The standard InChI is InChI=1S/C11H22O/c1-5-9(2)8-11(12)7-6-10(11,3)4/h9,12H,5-8H2,1-4H3. The van der Waals surface area contributed by atoms with E-state index < -0.39 is 0 Å². The predicted molar refractivity (Wildman–Crippen MR) is 52.0 cm³/mol. The second-order valence-corrected chi connectivity index (χ2v) is 5.13. The van der Waals surface area contributed by atoms with Crippen molar-refractivity contribution >= 4 is 0 Å². The summed E-state index contributed by atoms with van der Waals surface area (Å²) in [5.41, 5.74) is -0.196. The van der Waals surface area contributed by atoms with Gasteiger partial charge in [-0.25, -0.2) is 0 Å². The van der Waals surface area contributed by atoms with Crippen molar-refractivity contribution < 1.29 is 5.11 Å². The highest BCUT2D eigenvalue weighted by Gasteiger charge is 2.51. The minimum Gasteiger partial charge on any atom is -0.389 e. The first-order chi connectivity index (χ1) is 5.41. The fourth-order valence-corrected chi connectivity index (χ4v) is 2.01. The lowest BCUT2D eigenvalue weighted by Crippen LogP contribution is -2.54. The summed E-state index contributed by atoms with van der Waals surface area (Å²) in [7, 11) is 0. The van der Waals surface area contributed by atoms with E-state index in [0.717, 1.165) is 12.8 Å². The molecule has 1 N–H and O–H groups in total. The van der Waals surface area contributed by atoms with Crippen LogP contribution in [0.4, 0.5) is 0 Å². The Morgan fingerprint density at radius 3 is 2.17 bits per heavy atom. The molecule has 0 bridgehead atoms. The molecule has 12 heavy (non-hydrogen) atoms. The van der Waals surface area contributed by atoms with Gasteiger partial charge in [0.05, 0.1) is 5.60 Å². The van der Waals surface area contributed by atoms with Gasteiger partial charge in [-0.1, -0.05) is 34.1 Å². The second kappa shape index (κ2) is 3.02. The van der Waals surface area contributed by atoms with Crippen molar-refractivity contribution in [2.75, 3.05) is 0 Å². The molecule has 2 unspecified atom stereocenters. The fourth-order valence-electron chi connectivity index (χ4n) is 2.01. The first-order valence-corrected chi connectivity index (χ1v) is 5.14. The third kappa shape index (κ3) is 1.52. The molecule has 1 rings (SSSR count). The molecule has 1 aliphatic rings. The first kappa shape index (κ1) is 10.0. The smallest absolute Gasteiger partial charge is 0.0701 e. The van der Waals surface area contributed by atoms with Gasteiger partial charge in [0, 0.05) is 0 Å². The molecule has 0 heterocycles. The summed E-state index contributed by atoms with van der Waals surface area (Å²) >= 11 is 0. The molecular weight excluding hydrogens is 148 g/mol. The van der Waals surface area contributed by atoms with Crippen LogP contribution in [0.15, 0.2) is 0 Å². The highest BCUT2D eigenvalue weighted by molar-refractivity contribution is 5.03. The lowest BCUT2D eigenvalue weighted by molar-refractivity contribution is -0.159. The van der Waals surface area contributed by atoms with Gasteiger partial charge in [0.15, 0.2) is 0 Å². The largest absolute Gasteiger partial charge is 0.389 e. The van der Waals surface area contributed by atoms with Crippen molar-refractivity contribution in [3.05, 3.63) is 0 Å². The van der Waals surface area contributed by atoms with E-state index in [0.29, 0.717) is 5.92 Å². The Kier molecular flexibility index (Phi) is 2.53. The number of rotatable bonds is 3. The van der Waals surface area contributed by atoms with Crippen molar-refractivity contribution in [3.63, 3.8) is 0 Å². The van der Waals surface area contributed by atoms with Crippen molar-refractivity contribution in [2.24, 2.45) is 11.3 Å². The summed E-state index contributed by atoms with van der Waals surface area (Å²) in [6.07, 6.45) is 4.35. The Labute approximate surface area is 76.2 Å². The molecule has 2 atom stereocenters. The molecule has 0 radical (unpaired) electrons. The predicted octanol–water partition coefficient (Wildman–Crippen LogP) is 2.97. The summed E-state index contributed by atoms with van der Waals surface area (Å²) < 4.78 is 0. The summed E-state index contributed by atoms with van der Waals surface area (Å²) in [5.74, 6) is 0.662. The number of hydrogen-bond donors (Lipinski definition) is 1. The molecular formula is C11H22O. The van der Waals surface area contributed by atoms with Crippen molar-refractivity contribution in [2.45, 2.75) is 59.0 Å². The van der Waals surface area contributed by atoms with Crippen LogP contribution in [-0.2, 0) is 0 Å². The lowest BCUT2D eigenvalue weighted by atomic mass is 9.56. The zero-order chi connectivity index (χ0) is 9.41. The summed E-state index contributed by atoms with van der Waals surface area (Å²) in [5, 5.41) is 10.2. The zero-order valence-corrected chi connectivity index (χ0v) is 8.85. The second-order valence-electron chi connectivity index (χ2n) is 5.13. The molecule has 0 amide bonds. The van der Waals surface area contributed by atoms with E-state index in [4.69, 9.17) is 0 Å². The topological polar surface area (TPSA) is 20.2 Å². The van der Waals surface area contributed by atoms with E-state index in [1.165, 1.54) is 12.8 Å². The lowest BCUT2D eigenvalue weighted by Gasteiger charge is -2.53. The summed E-state index contributed by atoms with van der Waals surface area (Å²) in [6.45, 7) is 8.78. The van der Waals surface area contributed by atoms with Crippen molar-refractivity contribution in [1.29, 1.82) is 0 Å². The van der Waals surface area contributed by atoms with E-state index >= 15 is 0 Å². The van der Waals surface area contributed by atoms with E-state index in [2.05, 4.69) is 27.7 Å². The van der Waals surface area contributed by atoms with Gasteiger partial charge in [0.25, 0.3) is 0 Å². The Bertz CT molecular complexity index is 162. The minimum atomic E-state index is -0.359. The van der Waals surface area contributed by atoms with Gasteiger partial charge in [0.2, 0.25) is 0 Å². The molecule has 1 fully saturated rings. The highest BCUT2D eigenvalue weighted by Crippen LogP contribution is 2.52. The fraction of sp³-hybridized carbons (Fsp3) is 1.00. The van der Waals surface area contributed by atoms with Crippen LogP contribution in [0.3, 0.4) is 0 Å². The Hall–Kier alpha value is -0.0400. The van der Waals surface area contributed by atoms with Crippen molar-refractivity contribution in [3.8, 4) is 0 Å². The third-order valence-electron chi connectivity index (χ3n) is 3.81. The van der Waals surface area contributed by atoms with Crippen LogP contribution in [0.2, 0.25) is 0 Å². The zero-order valence-electron chi connectivity index (χ0n) is 8.85. The number of hydrogen-bond acceptors (Lipinski definition) is 1. The van der Waals surface area contributed by atoms with Crippen LogP contribution in [0.1, 0.15) is 53.4 Å². The average Bonchev–Trinajstić information content (AvgIpc) is 2.02. The maximum Gasteiger partial charge on any atom is 0.0701 e. The molecule has 0 aliphatic heterocycles. The molecule has 1 heteroatoms. The van der Waals surface area contributed by atoms with Gasteiger partial charge in [0.1, 0.15) is 0 Å². The van der Waals surface area contributed by atoms with Crippen molar-refractivity contribution in [1.82, 2.24) is 0 Å². The molecule has 0 aromatic rings. The van der Waals surface area contributed by atoms with Crippen LogP contribution in [0.5, 0.6) is 0 Å². The van der Waals surface area contributed by atoms with Gasteiger partial charge in [-0.15, -0.1) is 0 Å². The van der Waals surface area contributed by atoms with Crippen LogP contribution in [0, 0.1) is 11.3 Å². The molecule has 0 spiro atoms. The summed E-state index contributed by atoms with van der Waals surface area (Å²) in [4.78, 5) is 0. The van der Waals surface area contributed by atoms with Crippen LogP contribution in [-0.4, -0.2) is 10.7 Å². The van der Waals surface area contributed by atoms with Gasteiger partial charge < -0.3 is 5.11 Å². The first-order valence-electron chi connectivity index (χ1n) is 5.14. The van der Waals surface area contributed by atoms with Crippen LogP contribution >= 0.6 is 0 Å².